The molecule has 28 heavy (non-hydrogen) atoms. The topological polar surface area (TPSA) is 61.8 Å². The summed E-state index contributed by atoms with van der Waals surface area (Å²) < 4.78 is 5.48. The Labute approximate surface area is 171 Å². The summed E-state index contributed by atoms with van der Waals surface area (Å²) >= 11 is 1.74. The molecule has 0 aliphatic carbocycles. The van der Waals surface area contributed by atoms with Crippen molar-refractivity contribution in [2.24, 2.45) is 4.99 Å². The van der Waals surface area contributed by atoms with Gasteiger partial charge in [0.05, 0.1) is 22.5 Å². The molecule has 2 atom stereocenters. The molecule has 1 unspecified atom stereocenters. The number of hydrogen-bond acceptors (Lipinski definition) is 7. The molecule has 0 radical (unpaired) electrons. The molecule has 1 fully saturated rings. The highest BCUT2D eigenvalue weighted by Crippen LogP contribution is 2.39. The number of aliphatic imine (C=N–C) groups is 1. The fourth-order valence-corrected chi connectivity index (χ4v) is 4.66. The van der Waals surface area contributed by atoms with Crippen LogP contribution in [0.3, 0.4) is 0 Å². The minimum absolute atomic E-state index is 0.235. The van der Waals surface area contributed by atoms with Crippen molar-refractivity contribution in [3.63, 3.8) is 0 Å². The van der Waals surface area contributed by atoms with Crippen molar-refractivity contribution >= 4 is 33.5 Å². The Hall–Kier alpha value is -1.96. The minimum Gasteiger partial charge on any atom is -0.382 e. The summed E-state index contributed by atoms with van der Waals surface area (Å²) in [5.41, 5.74) is 2.98. The molecule has 4 rings (SSSR count). The molecular formula is C21H29N5OS. The third-order valence-corrected chi connectivity index (χ3v) is 6.57. The number of benzene rings is 1. The molecule has 1 aromatic carbocycles. The van der Waals surface area contributed by atoms with Gasteiger partial charge in [0.2, 0.25) is 0 Å². The van der Waals surface area contributed by atoms with Crippen LogP contribution >= 0.6 is 11.3 Å². The molecule has 2 aromatic rings. The molecule has 0 spiro atoms. The second kappa shape index (κ2) is 8.19. The number of thiazole rings is 1. The van der Waals surface area contributed by atoms with Gasteiger partial charge in [-0.3, -0.25) is 0 Å². The Bertz CT molecular complexity index is 862. The highest BCUT2D eigenvalue weighted by atomic mass is 32.1. The van der Waals surface area contributed by atoms with E-state index in [9.17, 15) is 0 Å². The predicted molar refractivity (Wildman–Crippen MR) is 117 cm³/mol. The summed E-state index contributed by atoms with van der Waals surface area (Å²) in [6.45, 7) is 9.27. The molecule has 1 saturated heterocycles. The van der Waals surface area contributed by atoms with Crippen LogP contribution in [0, 0.1) is 0 Å². The number of fused-ring (bicyclic) bond motifs is 2. The summed E-state index contributed by atoms with van der Waals surface area (Å²) in [4.78, 5) is 12.5. The standard InChI is InChI=1S/C21H29N5OS/c1-13(2)20-25-18-19(26-10-9-22-15(12-26)11-14(3)27-4)23-16-7-5-6-8-17(16)24-21(18)28-20/h5-8,13-15,22,24H,9-12H2,1-4H3/t14?,15-/m0/s1. The van der Waals surface area contributed by atoms with Gasteiger partial charge in [-0.05, 0) is 25.5 Å². The van der Waals surface area contributed by atoms with Crippen LogP contribution in [-0.4, -0.2) is 54.6 Å². The van der Waals surface area contributed by atoms with Crippen LogP contribution < -0.4 is 10.6 Å². The van der Waals surface area contributed by atoms with Gasteiger partial charge in [0, 0.05) is 38.7 Å². The molecule has 3 heterocycles. The lowest BCUT2D eigenvalue weighted by Gasteiger charge is -2.36. The van der Waals surface area contributed by atoms with Gasteiger partial charge in [-0.25, -0.2) is 9.98 Å². The van der Waals surface area contributed by atoms with Gasteiger partial charge < -0.3 is 20.3 Å². The van der Waals surface area contributed by atoms with E-state index in [1.807, 2.05) is 12.1 Å². The number of para-hydroxylation sites is 2. The molecule has 6 nitrogen and oxygen atoms in total. The number of aromatic nitrogens is 1. The maximum absolute atomic E-state index is 5.48. The molecule has 2 aliphatic heterocycles. The predicted octanol–water partition coefficient (Wildman–Crippen LogP) is 4.10. The third kappa shape index (κ3) is 3.92. The minimum atomic E-state index is 0.235. The lowest BCUT2D eigenvalue weighted by molar-refractivity contribution is 0.0929. The van der Waals surface area contributed by atoms with Crippen LogP contribution in [0.1, 0.15) is 43.8 Å². The fraction of sp³-hybridized carbons (Fsp3) is 0.524. The number of piperazine rings is 1. The Kier molecular flexibility index (Phi) is 5.66. The summed E-state index contributed by atoms with van der Waals surface area (Å²) in [6.07, 6.45) is 1.22. The van der Waals surface area contributed by atoms with Crippen molar-refractivity contribution in [1.82, 2.24) is 15.2 Å². The molecule has 0 amide bonds. The number of rotatable bonds is 4. The number of hydrogen-bond donors (Lipinski definition) is 2. The van der Waals surface area contributed by atoms with Crippen molar-refractivity contribution in [2.45, 2.75) is 45.3 Å². The van der Waals surface area contributed by atoms with E-state index >= 15 is 0 Å². The zero-order valence-electron chi connectivity index (χ0n) is 17.0. The highest BCUT2D eigenvalue weighted by Gasteiger charge is 2.29. The lowest BCUT2D eigenvalue weighted by atomic mass is 10.1. The molecular weight excluding hydrogens is 370 g/mol. The summed E-state index contributed by atoms with van der Waals surface area (Å²) in [5, 5.41) is 9.44. The van der Waals surface area contributed by atoms with Gasteiger partial charge in [-0.2, -0.15) is 0 Å². The van der Waals surface area contributed by atoms with E-state index < -0.39 is 0 Å². The van der Waals surface area contributed by atoms with Gasteiger partial charge in [0.15, 0.2) is 5.84 Å². The second-order valence-electron chi connectivity index (χ2n) is 7.84. The molecule has 2 N–H and O–H groups in total. The van der Waals surface area contributed by atoms with Crippen molar-refractivity contribution in [1.29, 1.82) is 0 Å². The van der Waals surface area contributed by atoms with Crippen molar-refractivity contribution < 1.29 is 4.74 Å². The first-order valence-corrected chi connectivity index (χ1v) is 10.8. The zero-order valence-corrected chi connectivity index (χ0v) is 17.8. The van der Waals surface area contributed by atoms with Gasteiger partial charge in [0.25, 0.3) is 0 Å². The number of methoxy groups -OCH3 is 1. The monoisotopic (exact) mass is 399 g/mol. The maximum Gasteiger partial charge on any atom is 0.158 e. The number of amidine groups is 1. The van der Waals surface area contributed by atoms with Crippen molar-refractivity contribution in [2.75, 3.05) is 32.1 Å². The van der Waals surface area contributed by atoms with E-state index in [1.54, 1.807) is 18.4 Å². The first-order chi connectivity index (χ1) is 13.5. The van der Waals surface area contributed by atoms with E-state index in [2.05, 4.69) is 48.4 Å². The summed E-state index contributed by atoms with van der Waals surface area (Å²) in [7, 11) is 1.78. The Morgan fingerprint density at radius 1 is 1.29 bits per heavy atom. The van der Waals surface area contributed by atoms with Gasteiger partial charge in [-0.1, -0.05) is 26.0 Å². The third-order valence-electron chi connectivity index (χ3n) is 5.30. The van der Waals surface area contributed by atoms with E-state index in [-0.39, 0.29) is 6.10 Å². The molecule has 150 valence electrons. The SMILES string of the molecule is COC(C)C[C@H]1CN(C2=Nc3ccccc3Nc3sc(C(C)C)nc32)CCN1. The Morgan fingerprint density at radius 3 is 2.89 bits per heavy atom. The van der Waals surface area contributed by atoms with Crippen molar-refractivity contribution in [3.8, 4) is 0 Å². The first kappa shape index (κ1) is 19.4. The largest absolute Gasteiger partial charge is 0.382 e. The van der Waals surface area contributed by atoms with E-state index in [0.717, 1.165) is 59.0 Å². The summed E-state index contributed by atoms with van der Waals surface area (Å²) in [5.74, 6) is 1.38. The lowest BCUT2D eigenvalue weighted by Crippen LogP contribution is -2.53. The molecule has 7 heteroatoms. The molecule has 0 saturated carbocycles. The van der Waals surface area contributed by atoms with E-state index in [4.69, 9.17) is 14.7 Å². The Morgan fingerprint density at radius 2 is 2.11 bits per heavy atom. The summed E-state index contributed by atoms with van der Waals surface area (Å²) in [6, 6.07) is 8.61. The number of nitrogens with one attached hydrogen (secondary N) is 2. The van der Waals surface area contributed by atoms with Crippen LogP contribution in [0.25, 0.3) is 0 Å². The average molecular weight is 400 g/mol. The highest BCUT2D eigenvalue weighted by molar-refractivity contribution is 7.16. The number of ether oxygens (including phenoxy) is 1. The molecule has 2 aliphatic rings. The zero-order chi connectivity index (χ0) is 19.7. The smallest absolute Gasteiger partial charge is 0.158 e. The molecule has 0 bridgehead atoms. The Balaban J connectivity index is 1.70. The normalized spacial score (nSPS) is 20.1. The second-order valence-corrected chi connectivity index (χ2v) is 8.87. The fourth-order valence-electron chi connectivity index (χ4n) is 3.68. The van der Waals surface area contributed by atoms with Crippen LogP contribution in [0.5, 0.6) is 0 Å². The van der Waals surface area contributed by atoms with Crippen molar-refractivity contribution in [3.05, 3.63) is 35.0 Å². The quantitative estimate of drug-likeness (QED) is 0.810. The van der Waals surface area contributed by atoms with Gasteiger partial charge >= 0.3 is 0 Å². The number of anilines is 2. The van der Waals surface area contributed by atoms with Crippen LogP contribution in [0.15, 0.2) is 29.3 Å². The van der Waals surface area contributed by atoms with Crippen LogP contribution in [0.2, 0.25) is 0 Å². The molecule has 1 aromatic heterocycles. The number of nitrogens with zero attached hydrogens (tertiary/aromatic N) is 3. The first-order valence-electron chi connectivity index (χ1n) is 10.0. The maximum atomic E-state index is 5.48. The van der Waals surface area contributed by atoms with Crippen LogP contribution in [-0.2, 0) is 4.74 Å². The van der Waals surface area contributed by atoms with Crippen LogP contribution in [0.4, 0.5) is 16.4 Å². The average Bonchev–Trinajstić information content (AvgIpc) is 3.04. The van der Waals surface area contributed by atoms with E-state index in [0.29, 0.717) is 12.0 Å². The van der Waals surface area contributed by atoms with Gasteiger partial charge in [-0.15, -0.1) is 11.3 Å². The van der Waals surface area contributed by atoms with Gasteiger partial charge in [0.1, 0.15) is 10.7 Å². The van der Waals surface area contributed by atoms with E-state index in [1.165, 1.54) is 0 Å².